The Morgan fingerprint density at radius 3 is 2.52 bits per heavy atom. The Morgan fingerprint density at radius 1 is 1.16 bits per heavy atom. The van der Waals surface area contributed by atoms with E-state index in [9.17, 15) is 19.8 Å². The SMILES string of the molecule is Cc1ncc(CO)c(-c2nc3cc4c(=O)[nH][nH]c(=O)c4cc3s2)c1O. The second-order valence-corrected chi connectivity index (χ2v) is 6.57. The molecule has 4 aromatic rings. The Kier molecular flexibility index (Phi) is 3.41. The fourth-order valence-corrected chi connectivity index (χ4v) is 3.76. The molecule has 0 radical (unpaired) electrons. The zero-order chi connectivity index (χ0) is 17.7. The molecule has 0 aliphatic heterocycles. The Bertz CT molecular complexity index is 1190. The van der Waals surface area contributed by atoms with Crippen molar-refractivity contribution in [2.45, 2.75) is 13.5 Å². The average molecular weight is 356 g/mol. The van der Waals surface area contributed by atoms with Gasteiger partial charge in [-0.3, -0.25) is 24.8 Å². The van der Waals surface area contributed by atoms with Gasteiger partial charge in [0.15, 0.2) is 0 Å². The van der Waals surface area contributed by atoms with Gasteiger partial charge in [-0.25, -0.2) is 4.98 Å². The third-order valence-electron chi connectivity index (χ3n) is 4.01. The van der Waals surface area contributed by atoms with Gasteiger partial charge in [-0.1, -0.05) is 0 Å². The van der Waals surface area contributed by atoms with Crippen LogP contribution in [0.3, 0.4) is 0 Å². The molecule has 4 rings (SSSR count). The summed E-state index contributed by atoms with van der Waals surface area (Å²) in [7, 11) is 0. The molecule has 1 aromatic carbocycles. The number of aromatic hydroxyl groups is 1. The number of pyridine rings is 1. The first-order valence-corrected chi connectivity index (χ1v) is 8.15. The summed E-state index contributed by atoms with van der Waals surface area (Å²) in [6, 6.07) is 3.14. The lowest BCUT2D eigenvalue weighted by Gasteiger charge is -2.08. The minimum absolute atomic E-state index is 0.0501. The molecule has 8 nitrogen and oxygen atoms in total. The molecule has 0 aliphatic carbocycles. The van der Waals surface area contributed by atoms with E-state index >= 15 is 0 Å². The Labute approximate surface area is 143 Å². The van der Waals surface area contributed by atoms with E-state index in [4.69, 9.17) is 0 Å². The molecule has 0 spiro atoms. The second-order valence-electron chi connectivity index (χ2n) is 5.54. The summed E-state index contributed by atoms with van der Waals surface area (Å²) in [6.45, 7) is 1.36. The van der Waals surface area contributed by atoms with Crippen LogP contribution < -0.4 is 11.1 Å². The summed E-state index contributed by atoms with van der Waals surface area (Å²) in [4.78, 5) is 32.3. The van der Waals surface area contributed by atoms with Crippen molar-refractivity contribution >= 4 is 32.3 Å². The third kappa shape index (κ3) is 2.32. The number of fused-ring (bicyclic) bond motifs is 2. The number of aliphatic hydroxyl groups excluding tert-OH is 1. The molecule has 0 saturated carbocycles. The standard InChI is InChI=1S/C16H12N4O4S/c1-6-13(22)12(7(5-21)4-17-6)16-18-10-2-8-9(3-11(10)25-16)15(24)20-19-14(8)23/h2-4,21-22H,5H2,1H3,(H,19,23)(H,20,24). The number of nitrogens with one attached hydrogen (secondary N) is 2. The van der Waals surface area contributed by atoms with Crippen molar-refractivity contribution in [3.8, 4) is 16.3 Å². The predicted molar refractivity (Wildman–Crippen MR) is 93.9 cm³/mol. The number of thiazole rings is 1. The van der Waals surface area contributed by atoms with E-state index < -0.39 is 11.1 Å². The molecule has 0 amide bonds. The van der Waals surface area contributed by atoms with Crippen molar-refractivity contribution < 1.29 is 10.2 Å². The van der Waals surface area contributed by atoms with Crippen LogP contribution in [-0.4, -0.2) is 30.4 Å². The minimum Gasteiger partial charge on any atom is -0.505 e. The Balaban J connectivity index is 2.06. The topological polar surface area (TPSA) is 132 Å². The van der Waals surface area contributed by atoms with Crippen LogP contribution in [0.1, 0.15) is 11.3 Å². The average Bonchev–Trinajstić information content (AvgIpc) is 3.01. The van der Waals surface area contributed by atoms with Crippen LogP contribution in [0.4, 0.5) is 0 Å². The van der Waals surface area contributed by atoms with Gasteiger partial charge >= 0.3 is 0 Å². The molecule has 4 N–H and O–H groups in total. The highest BCUT2D eigenvalue weighted by Gasteiger charge is 2.18. The fraction of sp³-hybridized carbons (Fsp3) is 0.125. The van der Waals surface area contributed by atoms with Gasteiger partial charge in [0, 0.05) is 11.8 Å². The van der Waals surface area contributed by atoms with Gasteiger partial charge in [0.2, 0.25) is 0 Å². The van der Waals surface area contributed by atoms with Crippen molar-refractivity contribution in [2.75, 3.05) is 0 Å². The van der Waals surface area contributed by atoms with Crippen molar-refractivity contribution in [1.82, 2.24) is 20.2 Å². The van der Waals surface area contributed by atoms with Crippen LogP contribution in [0, 0.1) is 6.92 Å². The Hall–Kier alpha value is -3.04. The predicted octanol–water partition coefficient (Wildman–Crippen LogP) is 1.39. The van der Waals surface area contributed by atoms with Crippen molar-refractivity contribution in [3.63, 3.8) is 0 Å². The van der Waals surface area contributed by atoms with E-state index in [0.29, 0.717) is 32.0 Å². The Morgan fingerprint density at radius 2 is 1.84 bits per heavy atom. The maximum absolute atomic E-state index is 11.9. The molecule has 0 aliphatic rings. The summed E-state index contributed by atoms with van der Waals surface area (Å²) in [6.07, 6.45) is 1.49. The summed E-state index contributed by atoms with van der Waals surface area (Å²) in [5.41, 5.74) is 0.992. The molecule has 3 aromatic heterocycles. The minimum atomic E-state index is -0.412. The zero-order valence-electron chi connectivity index (χ0n) is 13.0. The second kappa shape index (κ2) is 5.50. The first-order valence-electron chi connectivity index (χ1n) is 7.33. The van der Waals surface area contributed by atoms with Crippen LogP contribution in [0.5, 0.6) is 5.75 Å². The monoisotopic (exact) mass is 356 g/mol. The summed E-state index contributed by atoms with van der Waals surface area (Å²) >= 11 is 1.26. The molecule has 0 bridgehead atoms. The molecular weight excluding hydrogens is 344 g/mol. The molecule has 0 atom stereocenters. The molecule has 0 fully saturated rings. The molecular formula is C16H12N4O4S. The summed E-state index contributed by atoms with van der Waals surface area (Å²) < 4.78 is 0.691. The largest absolute Gasteiger partial charge is 0.505 e. The van der Waals surface area contributed by atoms with Gasteiger partial charge in [-0.2, -0.15) is 0 Å². The maximum Gasteiger partial charge on any atom is 0.270 e. The normalized spacial score (nSPS) is 11.4. The number of hydrogen-bond acceptors (Lipinski definition) is 7. The molecule has 0 saturated heterocycles. The number of aromatic amines is 2. The highest BCUT2D eigenvalue weighted by molar-refractivity contribution is 7.21. The number of benzene rings is 1. The van der Waals surface area contributed by atoms with Gasteiger partial charge in [0.1, 0.15) is 10.8 Å². The summed E-state index contributed by atoms with van der Waals surface area (Å²) in [5.74, 6) is -0.0501. The maximum atomic E-state index is 11.9. The first-order chi connectivity index (χ1) is 12.0. The quantitative estimate of drug-likeness (QED) is 0.429. The lowest BCUT2D eigenvalue weighted by Crippen LogP contribution is -2.18. The first kappa shape index (κ1) is 15.5. The van der Waals surface area contributed by atoms with E-state index in [1.54, 1.807) is 19.1 Å². The highest BCUT2D eigenvalue weighted by atomic mass is 32.1. The van der Waals surface area contributed by atoms with Gasteiger partial charge in [0.05, 0.1) is 38.9 Å². The molecule has 25 heavy (non-hydrogen) atoms. The number of H-pyrrole nitrogens is 2. The fourth-order valence-electron chi connectivity index (χ4n) is 2.70. The summed E-state index contributed by atoms with van der Waals surface area (Å²) in [5, 5.41) is 25.4. The number of aliphatic hydroxyl groups is 1. The molecule has 0 unspecified atom stereocenters. The van der Waals surface area contributed by atoms with Crippen molar-refractivity contribution in [1.29, 1.82) is 0 Å². The molecule has 126 valence electrons. The lowest BCUT2D eigenvalue weighted by molar-refractivity contribution is 0.281. The van der Waals surface area contributed by atoms with Crippen molar-refractivity contribution in [2.24, 2.45) is 0 Å². The smallest absolute Gasteiger partial charge is 0.270 e. The number of hydrogen-bond donors (Lipinski definition) is 4. The highest BCUT2D eigenvalue weighted by Crippen LogP contribution is 2.39. The van der Waals surface area contributed by atoms with Crippen LogP contribution in [-0.2, 0) is 6.61 Å². The van der Waals surface area contributed by atoms with Crippen LogP contribution >= 0.6 is 11.3 Å². The number of nitrogens with zero attached hydrogens (tertiary/aromatic N) is 2. The van der Waals surface area contributed by atoms with E-state index in [1.165, 1.54) is 17.5 Å². The number of aromatic nitrogens is 4. The number of aryl methyl sites for hydroxylation is 1. The van der Waals surface area contributed by atoms with E-state index in [0.717, 1.165) is 0 Å². The van der Waals surface area contributed by atoms with Gasteiger partial charge in [-0.05, 0) is 19.1 Å². The van der Waals surface area contributed by atoms with Crippen molar-refractivity contribution in [3.05, 3.63) is 50.3 Å². The van der Waals surface area contributed by atoms with Gasteiger partial charge in [0.25, 0.3) is 11.1 Å². The van der Waals surface area contributed by atoms with Crippen LogP contribution in [0.2, 0.25) is 0 Å². The van der Waals surface area contributed by atoms with E-state index in [-0.39, 0.29) is 23.1 Å². The van der Waals surface area contributed by atoms with Crippen LogP contribution in [0.25, 0.3) is 31.6 Å². The molecule has 9 heteroatoms. The lowest BCUT2D eigenvalue weighted by atomic mass is 10.1. The van der Waals surface area contributed by atoms with E-state index in [2.05, 4.69) is 20.2 Å². The van der Waals surface area contributed by atoms with Gasteiger partial charge in [-0.15, -0.1) is 11.3 Å². The zero-order valence-corrected chi connectivity index (χ0v) is 13.8. The number of rotatable bonds is 2. The van der Waals surface area contributed by atoms with Crippen LogP contribution in [0.15, 0.2) is 27.9 Å². The molecule has 3 heterocycles. The third-order valence-corrected chi connectivity index (χ3v) is 5.04. The van der Waals surface area contributed by atoms with Gasteiger partial charge < -0.3 is 10.2 Å². The van der Waals surface area contributed by atoms with E-state index in [1.807, 2.05) is 0 Å².